The van der Waals surface area contributed by atoms with Crippen LogP contribution in [0.25, 0.3) is 0 Å². The summed E-state index contributed by atoms with van der Waals surface area (Å²) in [5.74, 6) is 0. The van der Waals surface area contributed by atoms with E-state index < -0.39 is 6.43 Å². The van der Waals surface area contributed by atoms with Crippen LogP contribution in [-0.2, 0) is 0 Å². The molecule has 0 aliphatic carbocycles. The predicted octanol–water partition coefficient (Wildman–Crippen LogP) is 0.958. The molecule has 0 radical (unpaired) electrons. The summed E-state index contributed by atoms with van der Waals surface area (Å²) in [6.07, 6.45) is -2.19. The highest BCUT2D eigenvalue weighted by atomic mass is 19.3. The molecule has 0 rings (SSSR count). The second-order valence-electron chi connectivity index (χ2n) is 2.86. The van der Waals surface area contributed by atoms with E-state index in [1.807, 2.05) is 0 Å². The predicted molar refractivity (Wildman–Crippen MR) is 28.9 cm³/mol. The molecule has 0 N–H and O–H groups in total. The van der Waals surface area contributed by atoms with Crippen LogP contribution in [0.3, 0.4) is 0 Å². The van der Waals surface area contributed by atoms with Gasteiger partial charge in [0.15, 0.2) is 0 Å². The van der Waals surface area contributed by atoms with Gasteiger partial charge in [-0.15, -0.1) is 0 Å². The molecule has 0 bridgehead atoms. The normalized spacial score (nSPS) is 12.8. The van der Waals surface area contributed by atoms with Gasteiger partial charge >= 0.3 is 0 Å². The summed E-state index contributed by atoms with van der Waals surface area (Å²) < 4.78 is 23.4. The highest BCUT2D eigenvalue weighted by molar-refractivity contribution is 4.30. The summed E-state index contributed by atoms with van der Waals surface area (Å²) in [5, 5.41) is 0. The van der Waals surface area contributed by atoms with Crippen molar-refractivity contribution in [3.8, 4) is 0 Å². The average molecular weight is 124 g/mol. The maximum Gasteiger partial charge on any atom is 0.286 e. The first-order valence-corrected chi connectivity index (χ1v) is 2.50. The highest BCUT2D eigenvalue weighted by Gasteiger charge is 2.14. The third-order valence-electron chi connectivity index (χ3n) is 0.686. The van der Waals surface area contributed by atoms with Crippen molar-refractivity contribution in [2.75, 3.05) is 27.7 Å². The van der Waals surface area contributed by atoms with E-state index in [4.69, 9.17) is 0 Å². The van der Waals surface area contributed by atoms with Crippen LogP contribution in [0, 0.1) is 0 Å². The Kier molecular flexibility index (Phi) is 2.34. The van der Waals surface area contributed by atoms with E-state index in [0.717, 1.165) is 0 Å². The number of hydrogen-bond acceptors (Lipinski definition) is 0. The molecule has 0 atom stereocenters. The number of nitrogens with zero attached hydrogens (tertiary/aromatic N) is 1. The molecule has 0 saturated heterocycles. The first kappa shape index (κ1) is 7.82. The van der Waals surface area contributed by atoms with E-state index >= 15 is 0 Å². The van der Waals surface area contributed by atoms with Crippen molar-refractivity contribution >= 4 is 0 Å². The Balaban J connectivity index is 3.39. The maximum absolute atomic E-state index is 11.5. The van der Waals surface area contributed by atoms with Gasteiger partial charge in [-0.25, -0.2) is 8.78 Å². The van der Waals surface area contributed by atoms with E-state index in [2.05, 4.69) is 0 Å². The second kappa shape index (κ2) is 2.40. The SMILES string of the molecule is C[N+](C)(C)CC(F)F. The molecule has 1 nitrogen and oxygen atoms in total. The average Bonchev–Trinajstić information content (AvgIpc) is 1.21. The van der Waals surface area contributed by atoms with Crippen LogP contribution in [0.1, 0.15) is 0 Å². The van der Waals surface area contributed by atoms with Gasteiger partial charge in [0.2, 0.25) is 0 Å². The highest BCUT2D eigenvalue weighted by Crippen LogP contribution is 1.98. The molecule has 0 unspecified atom stereocenters. The van der Waals surface area contributed by atoms with Gasteiger partial charge in [0.25, 0.3) is 6.43 Å². The fourth-order valence-corrected chi connectivity index (χ4v) is 0.414. The standard InChI is InChI=1S/C5H12F2N/c1-8(2,3)4-5(6)7/h5H,4H2,1-3H3/q+1. The Labute approximate surface area is 48.5 Å². The van der Waals surface area contributed by atoms with E-state index in [-0.39, 0.29) is 6.54 Å². The lowest BCUT2D eigenvalue weighted by atomic mass is 10.5. The van der Waals surface area contributed by atoms with Crippen LogP contribution in [0.2, 0.25) is 0 Å². The molecule has 0 aliphatic rings. The molecule has 0 aromatic heterocycles. The van der Waals surface area contributed by atoms with Gasteiger partial charge in [-0.05, 0) is 0 Å². The minimum atomic E-state index is -2.19. The van der Waals surface area contributed by atoms with Gasteiger partial charge in [0.1, 0.15) is 6.54 Å². The van der Waals surface area contributed by atoms with Gasteiger partial charge in [0, 0.05) is 0 Å². The van der Waals surface area contributed by atoms with Gasteiger partial charge in [-0.3, -0.25) is 0 Å². The smallest absolute Gasteiger partial charge is 0.286 e. The Morgan fingerprint density at radius 3 is 1.62 bits per heavy atom. The number of rotatable bonds is 2. The van der Waals surface area contributed by atoms with E-state index in [1.54, 1.807) is 21.1 Å². The number of halogens is 2. The summed E-state index contributed by atoms with van der Waals surface area (Å²) >= 11 is 0. The molecule has 0 fully saturated rings. The van der Waals surface area contributed by atoms with Gasteiger partial charge in [0.05, 0.1) is 21.1 Å². The topological polar surface area (TPSA) is 0 Å². The lowest BCUT2D eigenvalue weighted by molar-refractivity contribution is -0.874. The van der Waals surface area contributed by atoms with Crippen molar-refractivity contribution < 1.29 is 13.3 Å². The Morgan fingerprint density at radius 1 is 1.25 bits per heavy atom. The largest absolute Gasteiger partial charge is 0.326 e. The molecule has 50 valence electrons. The Bertz CT molecular complexity index is 65.3. The van der Waals surface area contributed by atoms with Crippen LogP contribution in [0.15, 0.2) is 0 Å². The molecule has 0 saturated carbocycles. The third-order valence-corrected chi connectivity index (χ3v) is 0.686. The van der Waals surface area contributed by atoms with Crippen molar-refractivity contribution in [3.63, 3.8) is 0 Å². The molecular formula is C5H12F2N+. The van der Waals surface area contributed by atoms with E-state index in [0.29, 0.717) is 4.48 Å². The summed E-state index contributed by atoms with van der Waals surface area (Å²) in [7, 11) is 5.23. The molecule has 0 aromatic carbocycles. The molecular weight excluding hydrogens is 112 g/mol. The number of hydrogen-bond donors (Lipinski definition) is 0. The lowest BCUT2D eigenvalue weighted by Gasteiger charge is -2.22. The zero-order valence-electron chi connectivity index (χ0n) is 5.49. The Morgan fingerprint density at radius 2 is 1.62 bits per heavy atom. The van der Waals surface area contributed by atoms with Gasteiger partial charge < -0.3 is 4.48 Å². The Hall–Kier alpha value is -0.180. The minimum Gasteiger partial charge on any atom is -0.326 e. The molecule has 0 spiro atoms. The summed E-state index contributed by atoms with van der Waals surface area (Å²) in [6, 6.07) is 0. The summed E-state index contributed by atoms with van der Waals surface area (Å²) in [6.45, 7) is -0.0694. The zero-order chi connectivity index (χ0) is 6.78. The first-order chi connectivity index (χ1) is 3.42. The molecule has 0 amide bonds. The quantitative estimate of drug-likeness (QED) is 0.481. The van der Waals surface area contributed by atoms with Crippen molar-refractivity contribution in [1.29, 1.82) is 0 Å². The third kappa shape index (κ3) is 5.82. The van der Waals surface area contributed by atoms with Crippen molar-refractivity contribution in [1.82, 2.24) is 0 Å². The van der Waals surface area contributed by atoms with Crippen LogP contribution >= 0.6 is 0 Å². The van der Waals surface area contributed by atoms with Gasteiger partial charge in [-0.1, -0.05) is 0 Å². The van der Waals surface area contributed by atoms with Crippen LogP contribution in [0.4, 0.5) is 8.78 Å². The fourth-order valence-electron chi connectivity index (χ4n) is 0.414. The molecule has 8 heavy (non-hydrogen) atoms. The van der Waals surface area contributed by atoms with Crippen molar-refractivity contribution in [2.24, 2.45) is 0 Å². The van der Waals surface area contributed by atoms with Crippen molar-refractivity contribution in [2.45, 2.75) is 6.43 Å². The van der Waals surface area contributed by atoms with E-state index in [9.17, 15) is 8.78 Å². The first-order valence-electron chi connectivity index (χ1n) is 2.50. The zero-order valence-corrected chi connectivity index (χ0v) is 5.49. The molecule has 3 heteroatoms. The summed E-state index contributed by atoms with van der Waals surface area (Å²) in [4.78, 5) is 0. The molecule has 0 aromatic rings. The van der Waals surface area contributed by atoms with Crippen LogP contribution < -0.4 is 0 Å². The van der Waals surface area contributed by atoms with Crippen LogP contribution in [-0.4, -0.2) is 38.6 Å². The summed E-state index contributed by atoms with van der Waals surface area (Å²) in [5.41, 5.74) is 0. The van der Waals surface area contributed by atoms with Gasteiger partial charge in [-0.2, -0.15) is 0 Å². The van der Waals surface area contributed by atoms with E-state index in [1.165, 1.54) is 0 Å². The number of alkyl halides is 2. The second-order valence-corrected chi connectivity index (χ2v) is 2.86. The molecule has 0 aliphatic heterocycles. The maximum atomic E-state index is 11.5. The number of quaternary nitrogens is 1. The monoisotopic (exact) mass is 124 g/mol. The van der Waals surface area contributed by atoms with Crippen LogP contribution in [0.5, 0.6) is 0 Å². The lowest BCUT2D eigenvalue weighted by Crippen LogP contribution is -2.38. The molecule has 0 heterocycles. The van der Waals surface area contributed by atoms with Crippen molar-refractivity contribution in [3.05, 3.63) is 0 Å². The fraction of sp³-hybridized carbons (Fsp3) is 1.00. The minimum absolute atomic E-state index is 0.0694.